The largest absolute Gasteiger partial charge is 0.382 e. The average Bonchev–Trinajstić information content (AvgIpc) is 2.67. The Labute approximate surface area is 166 Å². The Balaban J connectivity index is 2.12. The Kier molecular flexibility index (Phi) is 5.73. The number of nitriles is 1. The van der Waals surface area contributed by atoms with Gasteiger partial charge >= 0.3 is 0 Å². The number of hydrogen-bond acceptors (Lipinski definition) is 8. The van der Waals surface area contributed by atoms with Crippen LogP contribution in [0.25, 0.3) is 10.9 Å². The fourth-order valence-corrected chi connectivity index (χ4v) is 3.18. The van der Waals surface area contributed by atoms with Gasteiger partial charge < -0.3 is 16.8 Å². The molecule has 0 aliphatic heterocycles. The zero-order valence-electron chi connectivity index (χ0n) is 15.2. The molecule has 0 unspecified atom stereocenters. The molecule has 2 aromatic heterocycles. The van der Waals surface area contributed by atoms with Gasteiger partial charge in [-0.25, -0.2) is 15.0 Å². The Hall–Kier alpha value is -3.22. The third kappa shape index (κ3) is 3.60. The first kappa shape index (κ1) is 19.5. The van der Waals surface area contributed by atoms with Crippen molar-refractivity contribution in [1.82, 2.24) is 19.5 Å². The quantitative estimate of drug-likeness (QED) is 0.569. The molecule has 0 bridgehead atoms. The molecule has 5 N–H and O–H groups in total. The van der Waals surface area contributed by atoms with Crippen LogP contribution in [-0.4, -0.2) is 26.1 Å². The number of nitrogens with one attached hydrogen (secondary N) is 1. The maximum absolute atomic E-state index is 13.1. The SMILES string of the molecule is C[C@H](Nc1ncnc(N)c1C#N)c1nc2cccc(Cl)c2c(=O)n1CCCN. The Morgan fingerprint density at radius 3 is 2.89 bits per heavy atom. The van der Waals surface area contributed by atoms with Crippen molar-refractivity contribution >= 4 is 34.1 Å². The highest BCUT2D eigenvalue weighted by atomic mass is 35.5. The first-order valence-corrected chi connectivity index (χ1v) is 9.01. The highest BCUT2D eigenvalue weighted by molar-refractivity contribution is 6.35. The number of benzene rings is 1. The van der Waals surface area contributed by atoms with Crippen molar-refractivity contribution in [3.05, 3.63) is 51.3 Å². The molecule has 10 heteroatoms. The van der Waals surface area contributed by atoms with E-state index < -0.39 is 6.04 Å². The van der Waals surface area contributed by atoms with Crippen LogP contribution in [0.2, 0.25) is 5.02 Å². The summed E-state index contributed by atoms with van der Waals surface area (Å²) in [7, 11) is 0. The van der Waals surface area contributed by atoms with Gasteiger partial charge in [-0.2, -0.15) is 5.26 Å². The van der Waals surface area contributed by atoms with E-state index in [0.29, 0.717) is 41.3 Å². The van der Waals surface area contributed by atoms with Crippen LogP contribution in [0.5, 0.6) is 0 Å². The summed E-state index contributed by atoms with van der Waals surface area (Å²) in [4.78, 5) is 25.6. The molecule has 1 atom stereocenters. The van der Waals surface area contributed by atoms with Gasteiger partial charge in [0, 0.05) is 6.54 Å². The van der Waals surface area contributed by atoms with Crippen LogP contribution < -0.4 is 22.3 Å². The summed E-state index contributed by atoms with van der Waals surface area (Å²) in [5.74, 6) is 0.827. The van der Waals surface area contributed by atoms with E-state index in [0.717, 1.165) is 0 Å². The molecule has 0 spiro atoms. The molecule has 0 saturated heterocycles. The Bertz CT molecular complexity index is 1120. The normalized spacial score (nSPS) is 11.9. The highest BCUT2D eigenvalue weighted by Crippen LogP contribution is 2.24. The predicted molar refractivity (Wildman–Crippen MR) is 108 cm³/mol. The summed E-state index contributed by atoms with van der Waals surface area (Å²) in [6.45, 7) is 2.63. The van der Waals surface area contributed by atoms with E-state index in [-0.39, 0.29) is 22.8 Å². The van der Waals surface area contributed by atoms with Crippen molar-refractivity contribution in [3.63, 3.8) is 0 Å². The summed E-state index contributed by atoms with van der Waals surface area (Å²) < 4.78 is 1.55. The second-order valence-corrected chi connectivity index (χ2v) is 6.57. The first-order chi connectivity index (χ1) is 13.5. The fourth-order valence-electron chi connectivity index (χ4n) is 2.92. The maximum Gasteiger partial charge on any atom is 0.262 e. The van der Waals surface area contributed by atoms with Crippen LogP contribution >= 0.6 is 11.6 Å². The number of nitrogen functional groups attached to an aromatic ring is 1. The van der Waals surface area contributed by atoms with Crippen molar-refractivity contribution in [3.8, 4) is 6.07 Å². The van der Waals surface area contributed by atoms with Gasteiger partial charge in [0.1, 0.15) is 35.4 Å². The van der Waals surface area contributed by atoms with Gasteiger partial charge in [-0.15, -0.1) is 0 Å². The standard InChI is InChI=1S/C18H19ClN8O/c1-10(25-16-11(8-21)15(22)23-9-24-16)17-26-13-5-2-4-12(19)14(13)18(28)27(17)7-3-6-20/h2,4-5,9-10H,3,6-7,20H2,1H3,(H3,22,23,24,25)/t10-/m0/s1. The number of anilines is 2. The summed E-state index contributed by atoms with van der Waals surface area (Å²) in [5, 5.41) is 13.1. The Morgan fingerprint density at radius 2 is 2.18 bits per heavy atom. The third-order valence-corrected chi connectivity index (χ3v) is 4.59. The number of nitrogens with zero attached hydrogens (tertiary/aromatic N) is 5. The summed E-state index contributed by atoms with van der Waals surface area (Å²) >= 11 is 6.23. The van der Waals surface area contributed by atoms with Crippen LogP contribution in [0.4, 0.5) is 11.6 Å². The molecule has 0 radical (unpaired) electrons. The molecule has 144 valence electrons. The number of hydrogen-bond donors (Lipinski definition) is 3. The molecular weight excluding hydrogens is 380 g/mol. The minimum atomic E-state index is -0.449. The number of halogens is 1. The molecule has 0 aliphatic rings. The van der Waals surface area contributed by atoms with E-state index in [9.17, 15) is 10.1 Å². The van der Waals surface area contributed by atoms with Gasteiger partial charge in [0.25, 0.3) is 5.56 Å². The van der Waals surface area contributed by atoms with Crippen LogP contribution in [-0.2, 0) is 6.54 Å². The zero-order valence-corrected chi connectivity index (χ0v) is 15.9. The average molecular weight is 399 g/mol. The fraction of sp³-hybridized carbons (Fsp3) is 0.278. The van der Waals surface area contributed by atoms with E-state index in [4.69, 9.17) is 23.1 Å². The second-order valence-electron chi connectivity index (χ2n) is 6.16. The van der Waals surface area contributed by atoms with Gasteiger partial charge in [-0.3, -0.25) is 9.36 Å². The van der Waals surface area contributed by atoms with Crippen LogP contribution in [0, 0.1) is 11.3 Å². The lowest BCUT2D eigenvalue weighted by Gasteiger charge is -2.20. The monoisotopic (exact) mass is 398 g/mol. The minimum Gasteiger partial charge on any atom is -0.382 e. The van der Waals surface area contributed by atoms with Crippen LogP contribution in [0.3, 0.4) is 0 Å². The van der Waals surface area contributed by atoms with E-state index in [1.54, 1.807) is 22.8 Å². The molecule has 9 nitrogen and oxygen atoms in total. The smallest absolute Gasteiger partial charge is 0.262 e. The van der Waals surface area contributed by atoms with Gasteiger partial charge in [-0.05, 0) is 32.0 Å². The molecule has 0 saturated carbocycles. The summed E-state index contributed by atoms with van der Waals surface area (Å²) in [5.41, 5.74) is 11.8. The van der Waals surface area contributed by atoms with E-state index in [2.05, 4.69) is 20.3 Å². The van der Waals surface area contributed by atoms with E-state index in [1.807, 2.05) is 13.0 Å². The van der Waals surface area contributed by atoms with Gasteiger partial charge in [-0.1, -0.05) is 17.7 Å². The molecule has 3 aromatic rings. The molecule has 0 amide bonds. The molecule has 0 aliphatic carbocycles. The zero-order chi connectivity index (χ0) is 20.3. The minimum absolute atomic E-state index is 0.0750. The first-order valence-electron chi connectivity index (χ1n) is 8.64. The number of fused-ring (bicyclic) bond motifs is 1. The van der Waals surface area contributed by atoms with E-state index >= 15 is 0 Å². The summed E-state index contributed by atoms with van der Waals surface area (Å²) in [6.07, 6.45) is 1.86. The lowest BCUT2D eigenvalue weighted by atomic mass is 10.2. The van der Waals surface area contributed by atoms with Crippen molar-refractivity contribution in [1.29, 1.82) is 5.26 Å². The second kappa shape index (κ2) is 8.21. The number of aromatic nitrogens is 4. The summed E-state index contributed by atoms with van der Waals surface area (Å²) in [6, 6.07) is 6.66. The molecular formula is C18H19ClN8O. The molecule has 2 heterocycles. The van der Waals surface area contributed by atoms with Gasteiger partial charge in [0.05, 0.1) is 22.0 Å². The highest BCUT2D eigenvalue weighted by Gasteiger charge is 2.20. The Morgan fingerprint density at radius 1 is 1.39 bits per heavy atom. The molecule has 28 heavy (non-hydrogen) atoms. The predicted octanol–water partition coefficient (Wildman–Crippen LogP) is 1.82. The van der Waals surface area contributed by atoms with Crippen molar-refractivity contribution in [2.24, 2.45) is 5.73 Å². The molecule has 1 aromatic carbocycles. The lowest BCUT2D eigenvalue weighted by molar-refractivity contribution is 0.570. The van der Waals surface area contributed by atoms with Crippen LogP contribution in [0.1, 0.15) is 30.8 Å². The van der Waals surface area contributed by atoms with Gasteiger partial charge in [0.15, 0.2) is 0 Å². The van der Waals surface area contributed by atoms with Crippen molar-refractivity contribution < 1.29 is 0 Å². The van der Waals surface area contributed by atoms with Crippen LogP contribution in [0.15, 0.2) is 29.3 Å². The van der Waals surface area contributed by atoms with Crippen molar-refractivity contribution in [2.75, 3.05) is 17.6 Å². The lowest BCUT2D eigenvalue weighted by Crippen LogP contribution is -2.29. The molecule has 3 rings (SSSR count). The number of rotatable bonds is 6. The van der Waals surface area contributed by atoms with E-state index in [1.165, 1.54) is 6.33 Å². The number of nitrogens with two attached hydrogens (primary N) is 2. The molecule has 0 fully saturated rings. The maximum atomic E-state index is 13.1. The van der Waals surface area contributed by atoms with Crippen molar-refractivity contribution in [2.45, 2.75) is 25.9 Å². The topological polar surface area (TPSA) is 149 Å². The van der Waals surface area contributed by atoms with Gasteiger partial charge in [0.2, 0.25) is 0 Å². The third-order valence-electron chi connectivity index (χ3n) is 4.28.